The largest absolute Gasteiger partial charge is 0.457 e. The zero-order valence-corrected chi connectivity index (χ0v) is 15.1. The van der Waals surface area contributed by atoms with Gasteiger partial charge in [-0.05, 0) is 47.9 Å². The van der Waals surface area contributed by atoms with Crippen molar-refractivity contribution in [2.45, 2.75) is 0 Å². The van der Waals surface area contributed by atoms with Crippen LogP contribution in [0.5, 0.6) is 11.5 Å². The summed E-state index contributed by atoms with van der Waals surface area (Å²) in [4.78, 5) is 12.3. The third-order valence-electron chi connectivity index (χ3n) is 4.21. The predicted molar refractivity (Wildman–Crippen MR) is 110 cm³/mol. The second-order valence-electron chi connectivity index (χ2n) is 6.04. The van der Waals surface area contributed by atoms with Gasteiger partial charge in [-0.2, -0.15) is 0 Å². The summed E-state index contributed by atoms with van der Waals surface area (Å²) in [5.74, 6) is 1.24. The molecule has 1 amide bonds. The highest BCUT2D eigenvalue weighted by Gasteiger charge is 2.10. The fourth-order valence-electron chi connectivity index (χ4n) is 2.86. The van der Waals surface area contributed by atoms with E-state index >= 15 is 0 Å². The molecule has 4 rings (SSSR count). The number of fused-ring (bicyclic) bond motifs is 1. The maximum absolute atomic E-state index is 12.3. The Morgan fingerprint density at radius 1 is 0.778 bits per heavy atom. The Morgan fingerprint density at radius 3 is 2.30 bits per heavy atom. The van der Waals surface area contributed by atoms with Crippen molar-refractivity contribution in [3.05, 3.63) is 102 Å². The van der Waals surface area contributed by atoms with E-state index in [-0.39, 0.29) is 5.91 Å². The van der Waals surface area contributed by atoms with Gasteiger partial charge in [-0.1, -0.05) is 60.1 Å². The third-order valence-corrected chi connectivity index (χ3v) is 4.54. The van der Waals surface area contributed by atoms with Gasteiger partial charge in [0.15, 0.2) is 0 Å². The van der Waals surface area contributed by atoms with E-state index in [0.717, 1.165) is 16.5 Å². The molecule has 0 radical (unpaired) electrons. The lowest BCUT2D eigenvalue weighted by atomic mass is 10.1. The molecule has 132 valence electrons. The van der Waals surface area contributed by atoms with Crippen LogP contribution in [-0.4, -0.2) is 5.91 Å². The van der Waals surface area contributed by atoms with Crippen LogP contribution in [0.3, 0.4) is 0 Å². The van der Waals surface area contributed by atoms with Crippen molar-refractivity contribution in [3.63, 3.8) is 0 Å². The number of carbonyl (C=O) groups is 1. The van der Waals surface area contributed by atoms with E-state index in [9.17, 15) is 4.79 Å². The van der Waals surface area contributed by atoms with E-state index in [1.807, 2.05) is 42.5 Å². The zero-order chi connectivity index (χ0) is 18.6. The first-order valence-corrected chi connectivity index (χ1v) is 8.90. The topological polar surface area (TPSA) is 38.3 Å². The Morgan fingerprint density at radius 2 is 1.48 bits per heavy atom. The molecule has 0 heterocycles. The van der Waals surface area contributed by atoms with Crippen molar-refractivity contribution in [2.75, 3.05) is 5.32 Å². The molecular weight excluding hydrogens is 358 g/mol. The van der Waals surface area contributed by atoms with E-state index in [2.05, 4.69) is 17.4 Å². The molecule has 0 fully saturated rings. The number of hydrogen-bond donors (Lipinski definition) is 1. The van der Waals surface area contributed by atoms with E-state index in [0.29, 0.717) is 22.0 Å². The summed E-state index contributed by atoms with van der Waals surface area (Å²) in [7, 11) is 0. The van der Waals surface area contributed by atoms with Gasteiger partial charge < -0.3 is 10.1 Å². The molecule has 0 saturated carbocycles. The van der Waals surface area contributed by atoms with Crippen LogP contribution in [0.25, 0.3) is 10.8 Å². The maximum atomic E-state index is 12.3. The lowest BCUT2D eigenvalue weighted by Crippen LogP contribution is -2.12. The molecule has 1 N–H and O–H groups in total. The van der Waals surface area contributed by atoms with Crippen molar-refractivity contribution < 1.29 is 9.53 Å². The van der Waals surface area contributed by atoms with Crippen molar-refractivity contribution in [1.29, 1.82) is 0 Å². The van der Waals surface area contributed by atoms with Gasteiger partial charge in [0.1, 0.15) is 11.5 Å². The number of anilines is 1. The van der Waals surface area contributed by atoms with Crippen LogP contribution in [0.2, 0.25) is 5.02 Å². The second-order valence-corrected chi connectivity index (χ2v) is 6.44. The summed E-state index contributed by atoms with van der Waals surface area (Å²) < 4.78 is 6.02. The normalized spacial score (nSPS) is 10.6. The summed E-state index contributed by atoms with van der Waals surface area (Å²) in [5, 5.41) is 5.44. The molecule has 0 spiro atoms. The van der Waals surface area contributed by atoms with E-state index < -0.39 is 0 Å². The monoisotopic (exact) mass is 373 g/mol. The number of rotatable bonds is 4. The van der Waals surface area contributed by atoms with Gasteiger partial charge in [-0.25, -0.2) is 0 Å². The molecule has 27 heavy (non-hydrogen) atoms. The molecule has 0 atom stereocenters. The summed E-state index contributed by atoms with van der Waals surface area (Å²) in [6.07, 6.45) is 0. The van der Waals surface area contributed by atoms with E-state index in [1.165, 1.54) is 0 Å². The highest BCUT2D eigenvalue weighted by Crippen LogP contribution is 2.30. The van der Waals surface area contributed by atoms with Gasteiger partial charge in [0.05, 0.1) is 10.6 Å². The average Bonchev–Trinajstić information content (AvgIpc) is 2.70. The maximum Gasteiger partial charge on any atom is 0.257 e. The molecule has 0 aliphatic rings. The number of nitrogens with one attached hydrogen (secondary N) is 1. The van der Waals surface area contributed by atoms with Crippen LogP contribution in [0.4, 0.5) is 5.69 Å². The Balaban J connectivity index is 1.51. The van der Waals surface area contributed by atoms with Gasteiger partial charge in [-0.3, -0.25) is 4.79 Å². The minimum absolute atomic E-state index is 0.247. The molecule has 0 bridgehead atoms. The summed E-state index contributed by atoms with van der Waals surface area (Å²) >= 11 is 6.07. The number of amides is 1. The molecule has 0 aromatic heterocycles. The summed E-state index contributed by atoms with van der Waals surface area (Å²) in [6.45, 7) is 0. The van der Waals surface area contributed by atoms with Crippen LogP contribution in [0.15, 0.2) is 91.0 Å². The van der Waals surface area contributed by atoms with E-state index in [1.54, 1.807) is 36.4 Å². The van der Waals surface area contributed by atoms with Crippen LogP contribution >= 0.6 is 11.6 Å². The molecule has 4 aromatic rings. The Kier molecular flexibility index (Phi) is 4.77. The molecule has 0 aliphatic carbocycles. The van der Waals surface area contributed by atoms with Crippen molar-refractivity contribution in [3.8, 4) is 11.5 Å². The van der Waals surface area contributed by atoms with Crippen LogP contribution < -0.4 is 10.1 Å². The minimum atomic E-state index is -0.247. The number of carbonyl (C=O) groups excluding carboxylic acids is 1. The van der Waals surface area contributed by atoms with Gasteiger partial charge in [0.25, 0.3) is 5.91 Å². The van der Waals surface area contributed by atoms with Crippen LogP contribution in [0, 0.1) is 0 Å². The number of halogens is 1. The first kappa shape index (κ1) is 17.1. The summed E-state index contributed by atoms with van der Waals surface area (Å²) in [5.41, 5.74) is 1.11. The van der Waals surface area contributed by atoms with Gasteiger partial charge in [-0.15, -0.1) is 0 Å². The molecular formula is C23H16ClNO2. The van der Waals surface area contributed by atoms with Crippen molar-refractivity contribution >= 4 is 34.0 Å². The molecule has 4 aromatic carbocycles. The molecule has 0 unspecified atom stereocenters. The zero-order valence-electron chi connectivity index (χ0n) is 14.4. The standard InChI is InChI=1S/C23H16ClNO2/c24-21-10-4-3-9-20(21)23(26)25-17-12-14-18(15-13-17)27-22-11-5-7-16-6-1-2-8-19(16)22/h1-15H,(H,25,26). The lowest BCUT2D eigenvalue weighted by molar-refractivity contribution is 0.102. The smallest absolute Gasteiger partial charge is 0.257 e. The molecule has 0 saturated heterocycles. The van der Waals surface area contributed by atoms with Crippen LogP contribution in [-0.2, 0) is 0 Å². The third kappa shape index (κ3) is 3.78. The Bertz CT molecular complexity index is 1100. The SMILES string of the molecule is O=C(Nc1ccc(Oc2cccc3ccccc23)cc1)c1ccccc1Cl. The van der Waals surface area contributed by atoms with Crippen molar-refractivity contribution in [1.82, 2.24) is 0 Å². The lowest BCUT2D eigenvalue weighted by Gasteiger charge is -2.10. The van der Waals surface area contributed by atoms with E-state index in [4.69, 9.17) is 16.3 Å². The van der Waals surface area contributed by atoms with Crippen LogP contribution in [0.1, 0.15) is 10.4 Å². The second kappa shape index (κ2) is 7.52. The quantitative estimate of drug-likeness (QED) is 0.441. The highest BCUT2D eigenvalue weighted by molar-refractivity contribution is 6.34. The Hall–Kier alpha value is -3.30. The fraction of sp³-hybridized carbons (Fsp3) is 0. The van der Waals surface area contributed by atoms with Gasteiger partial charge >= 0.3 is 0 Å². The first-order valence-electron chi connectivity index (χ1n) is 8.52. The Labute approximate surface area is 162 Å². The summed E-state index contributed by atoms with van der Waals surface area (Å²) in [6, 6.07) is 28.2. The fourth-order valence-corrected chi connectivity index (χ4v) is 3.08. The minimum Gasteiger partial charge on any atom is -0.457 e. The first-order chi connectivity index (χ1) is 13.2. The number of ether oxygens (including phenoxy) is 1. The molecule has 0 aliphatic heterocycles. The number of hydrogen-bond acceptors (Lipinski definition) is 2. The predicted octanol–water partition coefficient (Wildman–Crippen LogP) is 6.54. The van der Waals surface area contributed by atoms with Gasteiger partial charge in [0, 0.05) is 11.1 Å². The molecule has 3 nitrogen and oxygen atoms in total. The van der Waals surface area contributed by atoms with Gasteiger partial charge in [0.2, 0.25) is 0 Å². The average molecular weight is 374 g/mol. The van der Waals surface area contributed by atoms with Crippen molar-refractivity contribution in [2.24, 2.45) is 0 Å². The molecule has 4 heteroatoms. The number of benzene rings is 4. The highest BCUT2D eigenvalue weighted by atomic mass is 35.5.